The van der Waals surface area contributed by atoms with Crippen LogP contribution in [-0.2, 0) is 19.9 Å². The van der Waals surface area contributed by atoms with E-state index in [4.69, 9.17) is 11.6 Å². The van der Waals surface area contributed by atoms with Gasteiger partial charge in [-0.05, 0) is 49.6 Å². The summed E-state index contributed by atoms with van der Waals surface area (Å²) in [5.74, 6) is -1.52. The van der Waals surface area contributed by atoms with Crippen LogP contribution in [0.25, 0.3) is 0 Å². The highest BCUT2D eigenvalue weighted by Crippen LogP contribution is 2.55. The van der Waals surface area contributed by atoms with E-state index in [1.807, 2.05) is 37.4 Å². The van der Waals surface area contributed by atoms with Gasteiger partial charge in [0.15, 0.2) is 0 Å². The van der Waals surface area contributed by atoms with Crippen molar-refractivity contribution in [3.63, 3.8) is 0 Å². The van der Waals surface area contributed by atoms with Gasteiger partial charge in [-0.15, -0.1) is 0 Å². The maximum absolute atomic E-state index is 14.1. The molecule has 3 aliphatic heterocycles. The lowest BCUT2D eigenvalue weighted by Gasteiger charge is -2.30. The molecule has 2 saturated heterocycles. The van der Waals surface area contributed by atoms with Gasteiger partial charge in [0, 0.05) is 28.9 Å². The second-order valence-corrected chi connectivity index (χ2v) is 10.6. The maximum Gasteiger partial charge on any atom is 0.253 e. The second kappa shape index (κ2) is 8.56. The van der Waals surface area contributed by atoms with Crippen molar-refractivity contribution < 1.29 is 14.4 Å². The zero-order valence-electron chi connectivity index (χ0n) is 19.1. The van der Waals surface area contributed by atoms with E-state index < -0.39 is 17.4 Å². The van der Waals surface area contributed by atoms with Gasteiger partial charge in [-0.1, -0.05) is 48.0 Å². The fourth-order valence-electron chi connectivity index (χ4n) is 5.74. The average molecular weight is 496 g/mol. The first-order valence-corrected chi connectivity index (χ1v) is 13.0. The van der Waals surface area contributed by atoms with E-state index in [9.17, 15) is 14.4 Å². The molecule has 0 bridgehead atoms. The van der Waals surface area contributed by atoms with Gasteiger partial charge in [-0.2, -0.15) is 11.8 Å². The number of nitrogens with zero attached hydrogens (tertiary/aromatic N) is 2. The highest BCUT2D eigenvalue weighted by atomic mass is 35.5. The van der Waals surface area contributed by atoms with Gasteiger partial charge in [-0.25, -0.2) is 4.90 Å². The number of hydrogen-bond donors (Lipinski definition) is 1. The molecule has 5 rings (SSSR count). The Balaban J connectivity index is 1.67. The number of anilines is 2. The summed E-state index contributed by atoms with van der Waals surface area (Å²) in [7, 11) is 0. The molecule has 2 aromatic carbocycles. The number of halogens is 1. The Morgan fingerprint density at radius 1 is 1.15 bits per heavy atom. The molecule has 176 valence electrons. The van der Waals surface area contributed by atoms with E-state index in [2.05, 4.69) is 11.9 Å². The molecule has 0 saturated carbocycles. The Morgan fingerprint density at radius 2 is 1.91 bits per heavy atom. The highest BCUT2D eigenvalue weighted by molar-refractivity contribution is 7.98. The Morgan fingerprint density at radius 3 is 2.62 bits per heavy atom. The standard InChI is InChI=1S/C26H26ClN3O3S/c1-15(2)14-29-20-10-5-4-9-18(20)26(25(29)33)22-21(19(28-26)11-12-34-3)23(31)30(24(22)32)17-8-6-7-16(27)13-17/h4-10,13,19,21-22,28H,1,11-12,14H2,2-3H3/t19-,21+,22+,26+/m1/s1. The summed E-state index contributed by atoms with van der Waals surface area (Å²) < 4.78 is 0. The molecule has 1 N–H and O–H groups in total. The number of para-hydroxylation sites is 1. The molecule has 0 radical (unpaired) electrons. The molecule has 8 heteroatoms. The number of imide groups is 1. The monoisotopic (exact) mass is 495 g/mol. The first-order valence-electron chi connectivity index (χ1n) is 11.3. The predicted octanol–water partition coefficient (Wildman–Crippen LogP) is 3.99. The van der Waals surface area contributed by atoms with E-state index in [1.165, 1.54) is 4.90 Å². The molecule has 0 aromatic heterocycles. The summed E-state index contributed by atoms with van der Waals surface area (Å²) in [6, 6.07) is 14.0. The van der Waals surface area contributed by atoms with Crippen molar-refractivity contribution in [1.29, 1.82) is 0 Å². The molecule has 6 nitrogen and oxygen atoms in total. The smallest absolute Gasteiger partial charge is 0.253 e. The number of thioether (sulfide) groups is 1. The molecular formula is C26H26ClN3O3S. The van der Waals surface area contributed by atoms with E-state index in [-0.39, 0.29) is 23.8 Å². The van der Waals surface area contributed by atoms with Crippen molar-refractivity contribution in [2.24, 2.45) is 11.8 Å². The predicted molar refractivity (Wildman–Crippen MR) is 136 cm³/mol. The Labute approximate surface area is 208 Å². The van der Waals surface area contributed by atoms with Crippen molar-refractivity contribution in [2.45, 2.75) is 24.9 Å². The summed E-state index contributed by atoms with van der Waals surface area (Å²) >= 11 is 7.86. The van der Waals surface area contributed by atoms with Crippen LogP contribution in [0.5, 0.6) is 0 Å². The zero-order valence-corrected chi connectivity index (χ0v) is 20.7. The number of nitrogens with one attached hydrogen (secondary N) is 1. The molecule has 0 unspecified atom stereocenters. The first kappa shape index (κ1) is 23.1. The van der Waals surface area contributed by atoms with Crippen molar-refractivity contribution >= 4 is 52.5 Å². The summed E-state index contributed by atoms with van der Waals surface area (Å²) in [4.78, 5) is 44.8. The Hall–Kier alpha value is -2.61. The number of carbonyl (C=O) groups excluding carboxylic acids is 3. The van der Waals surface area contributed by atoms with E-state index >= 15 is 0 Å². The van der Waals surface area contributed by atoms with Gasteiger partial charge >= 0.3 is 0 Å². The van der Waals surface area contributed by atoms with Gasteiger partial charge in [0.1, 0.15) is 5.54 Å². The third kappa shape index (κ3) is 3.25. The summed E-state index contributed by atoms with van der Waals surface area (Å²) in [5.41, 5.74) is 1.49. The van der Waals surface area contributed by atoms with Crippen LogP contribution in [-0.4, -0.2) is 42.3 Å². The number of carbonyl (C=O) groups is 3. The van der Waals surface area contributed by atoms with Crippen LogP contribution >= 0.6 is 23.4 Å². The minimum Gasteiger partial charge on any atom is -0.306 e. The normalized spacial score (nSPS) is 27.6. The van der Waals surface area contributed by atoms with Gasteiger partial charge in [0.25, 0.3) is 5.91 Å². The van der Waals surface area contributed by atoms with Crippen molar-refractivity contribution in [1.82, 2.24) is 5.32 Å². The van der Waals surface area contributed by atoms with Gasteiger partial charge in [0.05, 0.1) is 17.5 Å². The van der Waals surface area contributed by atoms with E-state index in [0.717, 1.165) is 22.6 Å². The van der Waals surface area contributed by atoms with Crippen LogP contribution < -0.4 is 15.1 Å². The molecule has 3 aliphatic rings. The minimum absolute atomic E-state index is 0.201. The molecule has 2 aromatic rings. The topological polar surface area (TPSA) is 69.7 Å². The van der Waals surface area contributed by atoms with Crippen molar-refractivity contribution in [3.8, 4) is 0 Å². The fraction of sp³-hybridized carbons (Fsp3) is 0.346. The van der Waals surface area contributed by atoms with Gasteiger partial charge in [-0.3, -0.25) is 19.7 Å². The van der Waals surface area contributed by atoms with Crippen LogP contribution in [0.2, 0.25) is 5.02 Å². The minimum atomic E-state index is -1.29. The number of benzene rings is 2. The average Bonchev–Trinajstić information content (AvgIpc) is 3.37. The number of amides is 3. The van der Waals surface area contributed by atoms with Crippen molar-refractivity contribution in [2.75, 3.05) is 28.4 Å². The van der Waals surface area contributed by atoms with Gasteiger partial charge in [0.2, 0.25) is 11.8 Å². The molecule has 2 fully saturated rings. The van der Waals surface area contributed by atoms with Crippen LogP contribution in [0.3, 0.4) is 0 Å². The van der Waals surface area contributed by atoms with Gasteiger partial charge < -0.3 is 4.90 Å². The third-order valence-electron chi connectivity index (χ3n) is 6.99. The summed E-state index contributed by atoms with van der Waals surface area (Å²) in [6.07, 6.45) is 2.68. The first-order chi connectivity index (χ1) is 16.3. The molecule has 0 aliphatic carbocycles. The molecule has 3 heterocycles. The maximum atomic E-state index is 14.1. The third-order valence-corrected chi connectivity index (χ3v) is 7.87. The second-order valence-electron chi connectivity index (χ2n) is 9.20. The number of fused-ring (bicyclic) bond motifs is 4. The lowest BCUT2D eigenvalue weighted by molar-refractivity contribution is -0.132. The van der Waals surface area contributed by atoms with Crippen LogP contribution in [0.1, 0.15) is 18.9 Å². The Kier molecular flexibility index (Phi) is 5.82. The fourth-order valence-corrected chi connectivity index (χ4v) is 6.41. The largest absolute Gasteiger partial charge is 0.306 e. The van der Waals surface area contributed by atoms with E-state index in [0.29, 0.717) is 23.7 Å². The number of rotatable bonds is 6. The highest BCUT2D eigenvalue weighted by Gasteiger charge is 2.71. The summed E-state index contributed by atoms with van der Waals surface area (Å²) in [6.45, 7) is 6.22. The zero-order chi connectivity index (χ0) is 24.2. The lowest BCUT2D eigenvalue weighted by Crippen LogP contribution is -2.55. The molecule has 1 spiro atoms. The Bertz CT molecular complexity index is 1220. The molecular weight excluding hydrogens is 470 g/mol. The van der Waals surface area contributed by atoms with Crippen LogP contribution in [0.4, 0.5) is 11.4 Å². The van der Waals surface area contributed by atoms with Crippen molar-refractivity contribution in [3.05, 3.63) is 71.3 Å². The van der Waals surface area contributed by atoms with Crippen LogP contribution in [0, 0.1) is 11.8 Å². The van der Waals surface area contributed by atoms with Crippen LogP contribution in [0.15, 0.2) is 60.7 Å². The molecule has 34 heavy (non-hydrogen) atoms. The summed E-state index contributed by atoms with van der Waals surface area (Å²) in [5, 5.41) is 3.97. The SMILES string of the molecule is C=C(C)CN1C(=O)[C@]2(N[C@H](CCSC)[C@@H]3C(=O)N(c4cccc(Cl)c4)C(=O)[C@H]32)c2ccccc21. The lowest BCUT2D eigenvalue weighted by atomic mass is 9.76. The molecule has 3 amide bonds. The quantitative estimate of drug-likeness (QED) is 0.484. The molecule has 4 atom stereocenters. The van der Waals surface area contributed by atoms with E-state index in [1.54, 1.807) is 40.9 Å². The number of hydrogen-bond acceptors (Lipinski definition) is 5.